The fourth-order valence-corrected chi connectivity index (χ4v) is 1.58. The molecule has 16 heavy (non-hydrogen) atoms. The molecule has 86 valence electrons. The number of benzene rings is 1. The predicted molar refractivity (Wildman–Crippen MR) is 62.7 cm³/mol. The van der Waals surface area contributed by atoms with E-state index < -0.39 is 0 Å². The van der Waals surface area contributed by atoms with E-state index >= 15 is 0 Å². The molecule has 4 heteroatoms. The van der Waals surface area contributed by atoms with Gasteiger partial charge < -0.3 is 15.4 Å². The Morgan fingerprint density at radius 2 is 2.38 bits per heavy atom. The molecule has 1 aromatic rings. The molecule has 1 heterocycles. The summed E-state index contributed by atoms with van der Waals surface area (Å²) in [5.74, 6) is -0.266. The summed E-state index contributed by atoms with van der Waals surface area (Å²) in [6.45, 7) is 4.16. The van der Waals surface area contributed by atoms with Crippen molar-refractivity contribution in [3.8, 4) is 0 Å². The second-order valence-electron chi connectivity index (χ2n) is 3.80. The Morgan fingerprint density at radius 1 is 1.56 bits per heavy atom. The highest BCUT2D eigenvalue weighted by molar-refractivity contribution is 5.90. The largest absolute Gasteiger partial charge is 0.462 e. The zero-order valence-corrected chi connectivity index (χ0v) is 9.32. The number of hydrogen-bond donors (Lipinski definition) is 2. The number of esters is 1. The lowest BCUT2D eigenvalue weighted by Gasteiger charge is -2.29. The van der Waals surface area contributed by atoms with Crippen LogP contribution in [0.5, 0.6) is 0 Å². The zero-order chi connectivity index (χ0) is 11.4. The summed E-state index contributed by atoms with van der Waals surface area (Å²) in [6, 6.07) is 7.89. The first-order valence-corrected chi connectivity index (χ1v) is 5.54. The second kappa shape index (κ2) is 4.99. The maximum absolute atomic E-state index is 11.5. The van der Waals surface area contributed by atoms with Gasteiger partial charge in [-0.2, -0.15) is 0 Å². The van der Waals surface area contributed by atoms with Crippen molar-refractivity contribution in [2.24, 2.45) is 0 Å². The fraction of sp³-hybridized carbons (Fsp3) is 0.417. The molecule has 4 nitrogen and oxygen atoms in total. The van der Waals surface area contributed by atoms with Gasteiger partial charge in [0.1, 0.15) is 0 Å². The molecule has 0 spiro atoms. The van der Waals surface area contributed by atoms with E-state index in [1.807, 2.05) is 18.2 Å². The third-order valence-corrected chi connectivity index (χ3v) is 2.53. The summed E-state index contributed by atoms with van der Waals surface area (Å²) in [5.41, 5.74) is 1.57. The summed E-state index contributed by atoms with van der Waals surface area (Å²) < 4.78 is 4.95. The molecule has 0 aromatic heterocycles. The molecule has 0 amide bonds. The van der Waals surface area contributed by atoms with Crippen molar-refractivity contribution >= 4 is 11.7 Å². The number of ether oxygens (including phenoxy) is 1. The summed E-state index contributed by atoms with van der Waals surface area (Å²) in [6.07, 6.45) is 0. The molecular formula is C12H16N2O2. The van der Waals surface area contributed by atoms with E-state index in [-0.39, 0.29) is 5.97 Å². The first-order valence-electron chi connectivity index (χ1n) is 5.54. The smallest absolute Gasteiger partial charge is 0.338 e. The monoisotopic (exact) mass is 220 g/mol. The molecule has 1 aliphatic heterocycles. The van der Waals surface area contributed by atoms with Crippen LogP contribution in [0.4, 0.5) is 5.69 Å². The number of carbonyl (C=O) groups excluding carboxylic acids is 1. The quantitative estimate of drug-likeness (QED) is 0.750. The van der Waals surface area contributed by atoms with Crippen LogP contribution in [0.15, 0.2) is 24.3 Å². The Bertz CT molecular complexity index is 375. The van der Waals surface area contributed by atoms with Gasteiger partial charge >= 0.3 is 5.97 Å². The van der Waals surface area contributed by atoms with E-state index in [0.717, 1.165) is 18.8 Å². The third kappa shape index (κ3) is 2.52. The van der Waals surface area contributed by atoms with E-state index in [1.165, 1.54) is 0 Å². The third-order valence-electron chi connectivity index (χ3n) is 2.53. The van der Waals surface area contributed by atoms with Crippen LogP contribution in [-0.4, -0.2) is 31.7 Å². The Hall–Kier alpha value is -1.55. The highest BCUT2D eigenvalue weighted by Gasteiger charge is 2.16. The van der Waals surface area contributed by atoms with Crippen LogP contribution in [0.3, 0.4) is 0 Å². The van der Waals surface area contributed by atoms with Crippen LogP contribution < -0.4 is 10.6 Å². The molecule has 1 aliphatic rings. The maximum atomic E-state index is 11.5. The van der Waals surface area contributed by atoms with E-state index in [0.29, 0.717) is 18.2 Å². The molecule has 2 N–H and O–H groups in total. The summed E-state index contributed by atoms with van der Waals surface area (Å²) in [5, 5.41) is 6.53. The molecule has 1 fully saturated rings. The molecule has 0 atom stereocenters. The number of nitrogens with one attached hydrogen (secondary N) is 2. The lowest BCUT2D eigenvalue weighted by Crippen LogP contribution is -2.51. The Kier molecular flexibility index (Phi) is 3.41. The van der Waals surface area contributed by atoms with Gasteiger partial charge in [0.15, 0.2) is 0 Å². The van der Waals surface area contributed by atoms with Crippen molar-refractivity contribution in [2.45, 2.75) is 13.0 Å². The number of carbonyl (C=O) groups is 1. The van der Waals surface area contributed by atoms with E-state index in [4.69, 9.17) is 4.74 Å². The number of anilines is 1. The number of hydrogen-bond acceptors (Lipinski definition) is 4. The Balaban J connectivity index is 2.03. The highest BCUT2D eigenvalue weighted by Crippen LogP contribution is 2.13. The summed E-state index contributed by atoms with van der Waals surface area (Å²) in [4.78, 5) is 11.5. The van der Waals surface area contributed by atoms with Crippen LogP contribution in [0.2, 0.25) is 0 Å². The Labute approximate surface area is 95.0 Å². The van der Waals surface area contributed by atoms with Crippen LogP contribution in [-0.2, 0) is 4.74 Å². The van der Waals surface area contributed by atoms with Crippen molar-refractivity contribution in [3.63, 3.8) is 0 Å². The van der Waals surface area contributed by atoms with Gasteiger partial charge in [-0.05, 0) is 25.1 Å². The van der Waals surface area contributed by atoms with Gasteiger partial charge in [0.2, 0.25) is 0 Å². The summed E-state index contributed by atoms with van der Waals surface area (Å²) in [7, 11) is 0. The molecule has 0 aliphatic carbocycles. The molecule has 0 bridgehead atoms. The van der Waals surface area contributed by atoms with E-state index in [9.17, 15) is 4.79 Å². The van der Waals surface area contributed by atoms with E-state index in [2.05, 4.69) is 10.6 Å². The summed E-state index contributed by atoms with van der Waals surface area (Å²) >= 11 is 0. The average Bonchev–Trinajstić information content (AvgIpc) is 2.24. The first kappa shape index (κ1) is 11.0. The minimum atomic E-state index is -0.266. The van der Waals surface area contributed by atoms with Gasteiger partial charge in [0.05, 0.1) is 18.2 Å². The van der Waals surface area contributed by atoms with Crippen molar-refractivity contribution in [3.05, 3.63) is 29.8 Å². The molecule has 1 aromatic carbocycles. The van der Waals surface area contributed by atoms with Crippen LogP contribution >= 0.6 is 0 Å². The first-order chi connectivity index (χ1) is 7.79. The average molecular weight is 220 g/mol. The normalized spacial score (nSPS) is 15.3. The fourth-order valence-electron chi connectivity index (χ4n) is 1.58. The minimum Gasteiger partial charge on any atom is -0.462 e. The van der Waals surface area contributed by atoms with Gasteiger partial charge in [0, 0.05) is 18.8 Å². The minimum absolute atomic E-state index is 0.266. The topological polar surface area (TPSA) is 50.4 Å². The molecule has 1 saturated heterocycles. The second-order valence-corrected chi connectivity index (χ2v) is 3.80. The lowest BCUT2D eigenvalue weighted by atomic mass is 10.1. The van der Waals surface area contributed by atoms with Gasteiger partial charge in [-0.25, -0.2) is 4.79 Å². The van der Waals surface area contributed by atoms with E-state index in [1.54, 1.807) is 13.0 Å². The van der Waals surface area contributed by atoms with Gasteiger partial charge in [-0.3, -0.25) is 0 Å². The van der Waals surface area contributed by atoms with Crippen molar-refractivity contribution in [2.75, 3.05) is 25.0 Å². The molecular weight excluding hydrogens is 204 g/mol. The molecule has 0 unspecified atom stereocenters. The van der Waals surface area contributed by atoms with Crippen LogP contribution in [0.25, 0.3) is 0 Å². The maximum Gasteiger partial charge on any atom is 0.338 e. The Morgan fingerprint density at radius 3 is 3.00 bits per heavy atom. The van der Waals surface area contributed by atoms with Gasteiger partial charge in [-0.15, -0.1) is 0 Å². The van der Waals surface area contributed by atoms with Crippen molar-refractivity contribution < 1.29 is 9.53 Å². The van der Waals surface area contributed by atoms with Crippen molar-refractivity contribution in [1.82, 2.24) is 5.32 Å². The zero-order valence-electron chi connectivity index (χ0n) is 9.32. The molecule has 0 saturated carbocycles. The molecule has 2 rings (SSSR count). The standard InChI is InChI=1S/C12H16N2O2/c1-2-16-12(15)9-4-3-5-10(6-9)14-11-7-13-8-11/h3-6,11,13-14H,2,7-8H2,1H3. The van der Waals surface area contributed by atoms with Crippen LogP contribution in [0, 0.1) is 0 Å². The molecule has 0 radical (unpaired) electrons. The lowest BCUT2D eigenvalue weighted by molar-refractivity contribution is 0.0526. The SMILES string of the molecule is CCOC(=O)c1cccc(NC2CNC2)c1. The van der Waals surface area contributed by atoms with Gasteiger partial charge in [0.25, 0.3) is 0 Å². The highest BCUT2D eigenvalue weighted by atomic mass is 16.5. The van der Waals surface area contributed by atoms with Crippen molar-refractivity contribution in [1.29, 1.82) is 0 Å². The van der Waals surface area contributed by atoms with Crippen LogP contribution in [0.1, 0.15) is 17.3 Å². The predicted octanol–water partition coefficient (Wildman–Crippen LogP) is 1.25. The van der Waals surface area contributed by atoms with Gasteiger partial charge in [-0.1, -0.05) is 6.07 Å². The number of rotatable bonds is 4.